The number of halogens is 1. The van der Waals surface area contributed by atoms with E-state index < -0.39 is 11.8 Å². The Morgan fingerprint density at radius 1 is 1.57 bits per heavy atom. The molecule has 1 aromatic rings. The highest BCUT2D eigenvalue weighted by molar-refractivity contribution is 5.71. The molecular weight excluding hydrogens is 187 g/mol. The zero-order valence-corrected chi connectivity index (χ0v) is 8.00. The molecule has 0 aliphatic heterocycles. The first-order valence-corrected chi connectivity index (χ1v) is 4.09. The molecule has 0 bridgehead atoms. The van der Waals surface area contributed by atoms with Gasteiger partial charge < -0.3 is 9.84 Å². The number of carboxylic acid groups (broad SMARTS) is 1. The molecule has 0 aliphatic rings. The van der Waals surface area contributed by atoms with Crippen LogP contribution in [0.5, 0.6) is 5.75 Å². The van der Waals surface area contributed by atoms with E-state index >= 15 is 0 Å². The van der Waals surface area contributed by atoms with Crippen molar-refractivity contribution >= 4 is 5.97 Å². The molecule has 0 atom stereocenters. The van der Waals surface area contributed by atoms with Crippen molar-refractivity contribution in [3.8, 4) is 5.75 Å². The van der Waals surface area contributed by atoms with Crippen LogP contribution in [0.3, 0.4) is 0 Å². The molecule has 0 amide bonds. The molecule has 0 heterocycles. The summed E-state index contributed by atoms with van der Waals surface area (Å²) in [5, 5.41) is 8.56. The lowest BCUT2D eigenvalue weighted by Gasteiger charge is -2.08. The molecule has 0 saturated carbocycles. The van der Waals surface area contributed by atoms with Gasteiger partial charge in [0, 0.05) is 5.56 Å². The van der Waals surface area contributed by atoms with E-state index in [4.69, 9.17) is 9.84 Å². The van der Waals surface area contributed by atoms with E-state index in [1.807, 2.05) is 0 Å². The van der Waals surface area contributed by atoms with Crippen LogP contribution in [0.4, 0.5) is 4.39 Å². The molecule has 0 saturated heterocycles. The fraction of sp³-hybridized carbons (Fsp3) is 0.300. The molecule has 4 heteroatoms. The Morgan fingerprint density at radius 2 is 2.21 bits per heavy atom. The zero-order valence-electron chi connectivity index (χ0n) is 8.00. The van der Waals surface area contributed by atoms with Crippen LogP contribution in [0.2, 0.25) is 0 Å². The number of aliphatic carboxylic acids is 1. The highest BCUT2D eigenvalue weighted by atomic mass is 19.1. The van der Waals surface area contributed by atoms with Crippen LogP contribution in [0.15, 0.2) is 12.1 Å². The monoisotopic (exact) mass is 198 g/mol. The minimum atomic E-state index is -1.08. The van der Waals surface area contributed by atoms with E-state index in [1.165, 1.54) is 13.2 Å². The van der Waals surface area contributed by atoms with Crippen molar-refractivity contribution in [2.75, 3.05) is 7.11 Å². The molecule has 0 spiro atoms. The van der Waals surface area contributed by atoms with Crippen LogP contribution < -0.4 is 4.74 Å². The Kier molecular flexibility index (Phi) is 3.06. The fourth-order valence-corrected chi connectivity index (χ4v) is 1.25. The SMILES string of the molecule is COc1cc(C)cc(F)c1CC(=O)O. The Morgan fingerprint density at radius 3 is 2.71 bits per heavy atom. The predicted molar refractivity (Wildman–Crippen MR) is 49.0 cm³/mol. The summed E-state index contributed by atoms with van der Waals surface area (Å²) < 4.78 is 18.2. The number of benzene rings is 1. The quantitative estimate of drug-likeness (QED) is 0.805. The summed E-state index contributed by atoms with van der Waals surface area (Å²) in [5.41, 5.74) is 0.791. The smallest absolute Gasteiger partial charge is 0.308 e. The molecule has 1 rings (SSSR count). The fourth-order valence-electron chi connectivity index (χ4n) is 1.25. The standard InChI is InChI=1S/C10H11FO3/c1-6-3-8(11)7(5-10(12)13)9(4-6)14-2/h3-4H,5H2,1-2H3,(H,12,13). The third-order valence-corrected chi connectivity index (χ3v) is 1.85. The van der Waals surface area contributed by atoms with Gasteiger partial charge in [0.2, 0.25) is 0 Å². The normalized spacial score (nSPS) is 9.93. The molecule has 3 nitrogen and oxygen atoms in total. The second-order valence-electron chi connectivity index (χ2n) is 3.00. The van der Waals surface area contributed by atoms with E-state index in [-0.39, 0.29) is 17.7 Å². The van der Waals surface area contributed by atoms with Gasteiger partial charge in [-0.3, -0.25) is 4.79 Å². The first kappa shape index (κ1) is 10.5. The number of aryl methyl sites for hydroxylation is 1. The molecule has 1 N–H and O–H groups in total. The van der Waals surface area contributed by atoms with Gasteiger partial charge in [-0.05, 0) is 24.6 Å². The van der Waals surface area contributed by atoms with Crippen LogP contribution in [0.25, 0.3) is 0 Å². The van der Waals surface area contributed by atoms with Crippen LogP contribution in [0, 0.1) is 12.7 Å². The van der Waals surface area contributed by atoms with Crippen molar-refractivity contribution in [3.05, 3.63) is 29.1 Å². The minimum absolute atomic E-state index is 0.0885. The molecule has 0 fully saturated rings. The molecule has 14 heavy (non-hydrogen) atoms. The van der Waals surface area contributed by atoms with Crippen molar-refractivity contribution < 1.29 is 19.0 Å². The van der Waals surface area contributed by atoms with E-state index in [9.17, 15) is 9.18 Å². The Labute approximate surface area is 81.1 Å². The number of carbonyl (C=O) groups is 1. The molecule has 1 aromatic carbocycles. The lowest BCUT2D eigenvalue weighted by molar-refractivity contribution is -0.136. The van der Waals surface area contributed by atoms with Gasteiger partial charge in [0.25, 0.3) is 0 Å². The van der Waals surface area contributed by atoms with Gasteiger partial charge >= 0.3 is 5.97 Å². The summed E-state index contributed by atoms with van der Waals surface area (Å²) >= 11 is 0. The second-order valence-corrected chi connectivity index (χ2v) is 3.00. The highest BCUT2D eigenvalue weighted by Gasteiger charge is 2.13. The number of hydrogen-bond acceptors (Lipinski definition) is 2. The summed E-state index contributed by atoms with van der Waals surface area (Å²) in [6.07, 6.45) is -0.366. The Balaban J connectivity index is 3.18. The third kappa shape index (κ3) is 2.22. The maximum atomic E-state index is 13.3. The number of ether oxygens (including phenoxy) is 1. The summed E-state index contributed by atoms with van der Waals surface area (Å²) in [4.78, 5) is 10.5. The van der Waals surface area contributed by atoms with Crippen LogP contribution in [0.1, 0.15) is 11.1 Å². The Hall–Kier alpha value is -1.58. The van der Waals surface area contributed by atoms with E-state index in [2.05, 4.69) is 0 Å². The lowest BCUT2D eigenvalue weighted by atomic mass is 10.1. The molecule has 76 valence electrons. The highest BCUT2D eigenvalue weighted by Crippen LogP contribution is 2.23. The topological polar surface area (TPSA) is 46.5 Å². The molecule has 0 aromatic heterocycles. The minimum Gasteiger partial charge on any atom is -0.496 e. The molecule has 0 unspecified atom stereocenters. The average molecular weight is 198 g/mol. The number of rotatable bonds is 3. The van der Waals surface area contributed by atoms with E-state index in [1.54, 1.807) is 13.0 Å². The molecule has 0 aliphatic carbocycles. The first-order valence-electron chi connectivity index (χ1n) is 4.09. The summed E-state index contributed by atoms with van der Waals surface area (Å²) in [6, 6.07) is 2.90. The van der Waals surface area contributed by atoms with Crippen molar-refractivity contribution in [1.82, 2.24) is 0 Å². The van der Waals surface area contributed by atoms with Gasteiger partial charge in [0.15, 0.2) is 0 Å². The van der Waals surface area contributed by atoms with Crippen molar-refractivity contribution in [2.45, 2.75) is 13.3 Å². The molecular formula is C10H11FO3. The third-order valence-electron chi connectivity index (χ3n) is 1.85. The van der Waals surface area contributed by atoms with Crippen molar-refractivity contribution in [2.24, 2.45) is 0 Å². The van der Waals surface area contributed by atoms with Crippen LogP contribution in [-0.4, -0.2) is 18.2 Å². The summed E-state index contributed by atoms with van der Waals surface area (Å²) in [5.74, 6) is -1.33. The zero-order chi connectivity index (χ0) is 10.7. The van der Waals surface area contributed by atoms with Gasteiger partial charge in [-0.15, -0.1) is 0 Å². The van der Waals surface area contributed by atoms with Crippen molar-refractivity contribution in [1.29, 1.82) is 0 Å². The van der Waals surface area contributed by atoms with Gasteiger partial charge in [0.1, 0.15) is 11.6 Å². The predicted octanol–water partition coefficient (Wildman–Crippen LogP) is 1.77. The maximum Gasteiger partial charge on any atom is 0.308 e. The van der Waals surface area contributed by atoms with Gasteiger partial charge in [-0.2, -0.15) is 0 Å². The van der Waals surface area contributed by atoms with Crippen molar-refractivity contribution in [3.63, 3.8) is 0 Å². The van der Waals surface area contributed by atoms with E-state index in [0.717, 1.165) is 0 Å². The maximum absolute atomic E-state index is 13.3. The van der Waals surface area contributed by atoms with Gasteiger partial charge in [-0.25, -0.2) is 4.39 Å². The van der Waals surface area contributed by atoms with Gasteiger partial charge in [-0.1, -0.05) is 0 Å². The lowest BCUT2D eigenvalue weighted by Crippen LogP contribution is -2.05. The Bertz CT molecular complexity index is 361. The average Bonchev–Trinajstić information content (AvgIpc) is 2.08. The van der Waals surface area contributed by atoms with E-state index in [0.29, 0.717) is 5.56 Å². The van der Waals surface area contributed by atoms with Gasteiger partial charge in [0.05, 0.1) is 13.5 Å². The largest absolute Gasteiger partial charge is 0.496 e. The molecule has 0 radical (unpaired) electrons. The van der Waals surface area contributed by atoms with Crippen LogP contribution >= 0.6 is 0 Å². The number of carboxylic acids is 1. The number of methoxy groups -OCH3 is 1. The first-order chi connectivity index (χ1) is 6.54. The van der Waals surface area contributed by atoms with Crippen LogP contribution in [-0.2, 0) is 11.2 Å². The number of hydrogen-bond donors (Lipinski definition) is 1. The summed E-state index contributed by atoms with van der Waals surface area (Å²) in [7, 11) is 1.39. The second kappa shape index (κ2) is 4.09. The summed E-state index contributed by atoms with van der Waals surface area (Å²) in [6.45, 7) is 1.72.